The molecule has 0 saturated heterocycles. The third-order valence-electron chi connectivity index (χ3n) is 4.46. The first-order valence-corrected chi connectivity index (χ1v) is 10.3. The topological polar surface area (TPSA) is 55.8 Å². The summed E-state index contributed by atoms with van der Waals surface area (Å²) in [4.78, 5) is 11.4. The molecule has 148 valence electrons. The minimum Gasteiger partial charge on any atom is -0.493 e. The van der Waals surface area contributed by atoms with E-state index in [1.807, 2.05) is 0 Å². The van der Waals surface area contributed by atoms with Crippen molar-refractivity contribution >= 4 is 5.97 Å². The van der Waals surface area contributed by atoms with Gasteiger partial charge in [0.2, 0.25) is 0 Å². The van der Waals surface area contributed by atoms with E-state index in [1.54, 1.807) is 18.2 Å². The van der Waals surface area contributed by atoms with Gasteiger partial charge in [0.25, 0.3) is 0 Å². The Kier molecular flexibility index (Phi) is 12.4. The Balaban J connectivity index is 2.41. The second-order valence-electron chi connectivity index (χ2n) is 6.84. The van der Waals surface area contributed by atoms with Gasteiger partial charge in [-0.1, -0.05) is 71.6 Å². The van der Waals surface area contributed by atoms with Crippen LogP contribution in [0.5, 0.6) is 11.5 Å². The first-order valence-electron chi connectivity index (χ1n) is 10.3. The van der Waals surface area contributed by atoms with Gasteiger partial charge in [-0.05, 0) is 25.0 Å². The van der Waals surface area contributed by atoms with Crippen LogP contribution >= 0.6 is 0 Å². The van der Waals surface area contributed by atoms with Crippen molar-refractivity contribution in [1.82, 2.24) is 0 Å². The van der Waals surface area contributed by atoms with Crippen LogP contribution in [0.2, 0.25) is 0 Å². The first kappa shape index (κ1) is 22.3. The molecule has 0 saturated carbocycles. The fraction of sp³-hybridized carbons (Fsp3) is 0.682. The van der Waals surface area contributed by atoms with Gasteiger partial charge in [0, 0.05) is 6.07 Å². The lowest BCUT2D eigenvalue weighted by Gasteiger charge is -2.12. The molecule has 4 nitrogen and oxygen atoms in total. The van der Waals surface area contributed by atoms with Crippen molar-refractivity contribution in [2.45, 2.75) is 84.5 Å². The van der Waals surface area contributed by atoms with Crippen molar-refractivity contribution in [3.8, 4) is 11.5 Å². The maximum absolute atomic E-state index is 11.4. The Morgan fingerprint density at radius 3 is 1.92 bits per heavy atom. The van der Waals surface area contributed by atoms with E-state index in [0.29, 0.717) is 24.7 Å². The molecule has 0 aliphatic carbocycles. The van der Waals surface area contributed by atoms with E-state index in [9.17, 15) is 9.90 Å². The molecule has 4 heteroatoms. The molecule has 0 aliphatic rings. The number of benzene rings is 1. The standard InChI is InChI=1S/C22H36O4/c1-3-5-7-9-11-12-16-25-19-14-15-20(22(23)24)21(18-19)26-17-13-10-8-6-4-2/h14-15,18H,3-13,16-17H2,1-2H3,(H,23,24). The summed E-state index contributed by atoms with van der Waals surface area (Å²) in [5.74, 6) is 0.131. The zero-order valence-corrected chi connectivity index (χ0v) is 16.6. The van der Waals surface area contributed by atoms with Gasteiger partial charge in [-0.25, -0.2) is 4.79 Å². The smallest absolute Gasteiger partial charge is 0.339 e. The average molecular weight is 365 g/mol. The lowest BCUT2D eigenvalue weighted by Crippen LogP contribution is -2.06. The van der Waals surface area contributed by atoms with E-state index in [-0.39, 0.29) is 5.56 Å². The van der Waals surface area contributed by atoms with Gasteiger partial charge in [-0.2, -0.15) is 0 Å². The van der Waals surface area contributed by atoms with E-state index < -0.39 is 5.97 Å². The molecular weight excluding hydrogens is 328 g/mol. The summed E-state index contributed by atoms with van der Waals surface area (Å²) in [6.07, 6.45) is 13.0. The Morgan fingerprint density at radius 1 is 0.808 bits per heavy atom. The minimum atomic E-state index is -0.964. The monoisotopic (exact) mass is 364 g/mol. The molecule has 1 N–H and O–H groups in total. The molecule has 0 radical (unpaired) electrons. The van der Waals surface area contributed by atoms with Crippen molar-refractivity contribution in [1.29, 1.82) is 0 Å². The number of carboxylic acids is 1. The molecule has 26 heavy (non-hydrogen) atoms. The Labute approximate surface area is 158 Å². The largest absolute Gasteiger partial charge is 0.493 e. The molecule has 0 aliphatic heterocycles. The molecule has 0 spiro atoms. The molecule has 0 fully saturated rings. The fourth-order valence-electron chi connectivity index (χ4n) is 2.85. The number of aromatic carboxylic acids is 1. The Morgan fingerprint density at radius 2 is 1.35 bits per heavy atom. The zero-order valence-electron chi connectivity index (χ0n) is 16.6. The van der Waals surface area contributed by atoms with Crippen molar-refractivity contribution in [3.63, 3.8) is 0 Å². The number of hydrogen-bond acceptors (Lipinski definition) is 3. The van der Waals surface area contributed by atoms with Gasteiger partial charge in [-0.15, -0.1) is 0 Å². The zero-order chi connectivity index (χ0) is 19.0. The SMILES string of the molecule is CCCCCCCCOc1ccc(C(=O)O)c(OCCCCCCC)c1. The molecule has 1 aromatic rings. The summed E-state index contributed by atoms with van der Waals surface area (Å²) in [7, 11) is 0. The van der Waals surface area contributed by atoms with Crippen molar-refractivity contribution in [3.05, 3.63) is 23.8 Å². The summed E-state index contributed by atoms with van der Waals surface area (Å²) in [6, 6.07) is 5.01. The lowest BCUT2D eigenvalue weighted by atomic mass is 10.1. The van der Waals surface area contributed by atoms with E-state index in [2.05, 4.69) is 13.8 Å². The minimum absolute atomic E-state index is 0.200. The van der Waals surface area contributed by atoms with Crippen molar-refractivity contribution in [2.75, 3.05) is 13.2 Å². The highest BCUT2D eigenvalue weighted by atomic mass is 16.5. The first-order chi connectivity index (χ1) is 12.7. The van der Waals surface area contributed by atoms with Crippen LogP contribution in [-0.2, 0) is 0 Å². The third kappa shape index (κ3) is 9.69. The number of hydrogen-bond donors (Lipinski definition) is 1. The summed E-state index contributed by atoms with van der Waals surface area (Å²) >= 11 is 0. The van der Waals surface area contributed by atoms with E-state index in [4.69, 9.17) is 9.47 Å². The van der Waals surface area contributed by atoms with Crippen LogP contribution in [-0.4, -0.2) is 24.3 Å². The Hall–Kier alpha value is -1.71. The lowest BCUT2D eigenvalue weighted by molar-refractivity contribution is 0.0692. The second-order valence-corrected chi connectivity index (χ2v) is 6.84. The highest BCUT2D eigenvalue weighted by Crippen LogP contribution is 2.26. The number of carboxylic acid groups (broad SMARTS) is 1. The predicted octanol–water partition coefficient (Wildman–Crippen LogP) is 6.47. The fourth-order valence-corrected chi connectivity index (χ4v) is 2.85. The van der Waals surface area contributed by atoms with Gasteiger partial charge < -0.3 is 14.6 Å². The maximum atomic E-state index is 11.4. The molecule has 1 rings (SSSR count). The highest BCUT2D eigenvalue weighted by Gasteiger charge is 2.12. The number of unbranched alkanes of at least 4 members (excludes halogenated alkanes) is 9. The van der Waals surface area contributed by atoms with Gasteiger partial charge in [0.05, 0.1) is 13.2 Å². The highest BCUT2D eigenvalue weighted by molar-refractivity contribution is 5.91. The van der Waals surface area contributed by atoms with Crippen LogP contribution in [0.15, 0.2) is 18.2 Å². The Bertz CT molecular complexity index is 499. The van der Waals surface area contributed by atoms with Gasteiger partial charge in [-0.3, -0.25) is 0 Å². The molecule has 0 heterocycles. The normalized spacial score (nSPS) is 10.7. The van der Waals surface area contributed by atoms with Crippen molar-refractivity contribution in [2.24, 2.45) is 0 Å². The summed E-state index contributed by atoms with van der Waals surface area (Å²) in [5, 5.41) is 9.33. The second kappa shape index (κ2) is 14.5. The summed E-state index contributed by atoms with van der Waals surface area (Å²) in [5.41, 5.74) is 0.200. The van der Waals surface area contributed by atoms with Crippen LogP contribution in [0, 0.1) is 0 Å². The van der Waals surface area contributed by atoms with Gasteiger partial charge in [0.1, 0.15) is 17.1 Å². The van der Waals surface area contributed by atoms with Crippen LogP contribution in [0.4, 0.5) is 0 Å². The molecule has 0 aromatic heterocycles. The van der Waals surface area contributed by atoms with Crippen LogP contribution in [0.3, 0.4) is 0 Å². The van der Waals surface area contributed by atoms with E-state index >= 15 is 0 Å². The molecular formula is C22H36O4. The molecule has 1 aromatic carbocycles. The molecule has 0 amide bonds. The quantitative estimate of drug-likeness (QED) is 0.341. The van der Waals surface area contributed by atoms with Gasteiger partial charge in [0.15, 0.2) is 0 Å². The van der Waals surface area contributed by atoms with Crippen LogP contribution in [0.1, 0.15) is 94.8 Å². The predicted molar refractivity (Wildman–Crippen MR) is 107 cm³/mol. The average Bonchev–Trinajstić information content (AvgIpc) is 2.63. The molecule has 0 atom stereocenters. The van der Waals surface area contributed by atoms with Crippen LogP contribution < -0.4 is 9.47 Å². The summed E-state index contributed by atoms with van der Waals surface area (Å²) < 4.78 is 11.5. The number of ether oxygens (including phenoxy) is 2. The van der Waals surface area contributed by atoms with Crippen LogP contribution in [0.25, 0.3) is 0 Å². The van der Waals surface area contributed by atoms with E-state index in [1.165, 1.54) is 51.4 Å². The maximum Gasteiger partial charge on any atom is 0.339 e. The van der Waals surface area contributed by atoms with Gasteiger partial charge >= 0.3 is 5.97 Å². The number of carbonyl (C=O) groups is 1. The van der Waals surface area contributed by atoms with E-state index in [0.717, 1.165) is 19.3 Å². The number of rotatable bonds is 16. The van der Waals surface area contributed by atoms with Crippen molar-refractivity contribution < 1.29 is 19.4 Å². The molecule has 0 bridgehead atoms. The summed E-state index contributed by atoms with van der Waals surface area (Å²) in [6.45, 7) is 5.61. The third-order valence-corrected chi connectivity index (χ3v) is 4.46. The molecule has 0 unspecified atom stereocenters.